The summed E-state index contributed by atoms with van der Waals surface area (Å²) >= 11 is 0. The van der Waals surface area contributed by atoms with Crippen molar-refractivity contribution in [3.05, 3.63) is 175 Å². The third kappa shape index (κ3) is 7.15. The number of aromatic nitrogens is 4. The van der Waals surface area contributed by atoms with Gasteiger partial charge in [0.15, 0.2) is 93.1 Å². The van der Waals surface area contributed by atoms with E-state index in [9.17, 15) is 26.3 Å². The van der Waals surface area contributed by atoms with Gasteiger partial charge in [-0.1, -0.05) is 0 Å². The second kappa shape index (κ2) is 17.0. The number of aromatic amines is 2. The Hall–Kier alpha value is -7.40. The third-order valence-electron chi connectivity index (χ3n) is 10.5. The number of halogens is 20. The van der Waals surface area contributed by atoms with E-state index in [0.717, 1.165) is 12.1 Å². The van der Waals surface area contributed by atoms with Crippen molar-refractivity contribution in [1.82, 2.24) is 19.9 Å². The summed E-state index contributed by atoms with van der Waals surface area (Å²) in [6, 6.07) is 5.11. The minimum atomic E-state index is -3.05. The van der Waals surface area contributed by atoms with Crippen LogP contribution in [-0.2, 0) is 17.1 Å². The Morgan fingerprint density at radius 2 is 0.638 bits per heavy atom. The Morgan fingerprint density at radius 1 is 0.304 bits per heavy atom. The first-order valence-corrected chi connectivity index (χ1v) is 18.3. The van der Waals surface area contributed by atoms with Crippen molar-refractivity contribution >= 4 is 45.9 Å². The molecule has 1 radical (unpaired) electrons. The van der Waals surface area contributed by atoms with Gasteiger partial charge in [-0.25, -0.2) is 97.8 Å². The molecule has 0 atom stereocenters. The fourth-order valence-corrected chi connectivity index (χ4v) is 7.51. The molecule has 4 nitrogen and oxygen atoms in total. The molecule has 8 bridgehead atoms. The maximum Gasteiger partial charge on any atom is 0.200 e. The van der Waals surface area contributed by atoms with Crippen molar-refractivity contribution in [2.45, 2.75) is 0 Å². The molecule has 0 spiro atoms. The van der Waals surface area contributed by atoms with E-state index in [-0.39, 0.29) is 33.8 Å². The van der Waals surface area contributed by atoms with Gasteiger partial charge in [-0.3, -0.25) is 0 Å². The van der Waals surface area contributed by atoms with Gasteiger partial charge in [0.2, 0.25) is 23.3 Å². The smallest absolute Gasteiger partial charge is 0.200 e. The molecule has 0 fully saturated rings. The van der Waals surface area contributed by atoms with E-state index in [2.05, 4.69) is 15.0 Å². The fourth-order valence-electron chi connectivity index (χ4n) is 7.51. The first-order chi connectivity index (χ1) is 32.0. The summed E-state index contributed by atoms with van der Waals surface area (Å²) in [6.07, 6.45) is 2.52. The molecule has 0 aliphatic carbocycles. The average Bonchev–Trinajstić information content (AvgIpc) is 4.13. The van der Waals surface area contributed by atoms with Crippen molar-refractivity contribution in [3.8, 4) is 33.4 Å². The number of benzene rings is 4. The molecule has 0 amide bonds. The van der Waals surface area contributed by atoms with Crippen molar-refractivity contribution in [2.24, 2.45) is 0 Å². The van der Waals surface area contributed by atoms with E-state index in [1.165, 1.54) is 24.3 Å². The predicted octanol–water partition coefficient (Wildman–Crippen LogP) is 13.9. The maximum atomic E-state index is 16.4. The predicted molar refractivity (Wildman–Crippen MR) is 199 cm³/mol. The second-order valence-corrected chi connectivity index (χ2v) is 14.4. The van der Waals surface area contributed by atoms with Gasteiger partial charge in [-0.05, 0) is 48.6 Å². The number of fused-ring (bicyclic) bond motifs is 8. The SMILES string of the molecule is Fc1c(F)c(F)c(C2=Cc3cc4ccc(cc5nc(cc6[nH]c(c(-c7c(F)c(F)c(F)c(F)c7F)c2n3)c(-c2c(F)c(F)c(F)c(F)c2F)c6-c2c(F)c(F)c(F)c(F)c2F)C=C5)[nH]4)c(F)c1F.[Mn]. The van der Waals surface area contributed by atoms with Gasteiger partial charge in [-0.2, -0.15) is 0 Å². The molecular weight excluding hydrogens is 1020 g/mol. The van der Waals surface area contributed by atoms with Gasteiger partial charge in [0, 0.05) is 55.9 Å². The van der Waals surface area contributed by atoms with Crippen molar-refractivity contribution in [1.29, 1.82) is 0 Å². The van der Waals surface area contributed by atoms with Crippen LogP contribution in [0.15, 0.2) is 30.3 Å². The second-order valence-electron chi connectivity index (χ2n) is 14.4. The molecule has 7 aromatic rings. The zero-order valence-corrected chi connectivity index (χ0v) is 33.6. The van der Waals surface area contributed by atoms with E-state index in [0.29, 0.717) is 12.1 Å². The van der Waals surface area contributed by atoms with Crippen LogP contribution in [0.2, 0.25) is 0 Å². The molecule has 353 valence electrons. The molecule has 0 saturated carbocycles. The van der Waals surface area contributed by atoms with Gasteiger partial charge in [0.25, 0.3) is 0 Å². The average molecular weight is 1030 g/mol. The molecule has 4 aromatic carbocycles. The minimum Gasteiger partial charge on any atom is -0.355 e. The summed E-state index contributed by atoms with van der Waals surface area (Å²) in [4.78, 5) is 12.7. The number of hydrogen-bond acceptors (Lipinski definition) is 2. The van der Waals surface area contributed by atoms with Crippen LogP contribution in [0.25, 0.3) is 79.2 Å². The molecule has 69 heavy (non-hydrogen) atoms. The van der Waals surface area contributed by atoms with Crippen LogP contribution in [0.5, 0.6) is 0 Å². The monoisotopic (exact) mass is 1030 g/mol. The van der Waals surface area contributed by atoms with Crippen molar-refractivity contribution in [2.75, 3.05) is 0 Å². The van der Waals surface area contributed by atoms with E-state index in [1.807, 2.05) is 4.98 Å². The molecule has 25 heteroatoms. The Labute approximate surface area is 378 Å². The minimum absolute atomic E-state index is 0. The summed E-state index contributed by atoms with van der Waals surface area (Å²) in [5.41, 5.74) is -24.0. The van der Waals surface area contributed by atoms with E-state index in [1.54, 1.807) is 0 Å². The molecular formula is C44H10F20MnN4. The molecule has 5 heterocycles. The standard InChI is InChI=1S/C44H10F20N4.Mn/c45-23-16(24(46)32(54)39(61)31(23)53)14-7-13-6-11-2-1-9(65-11)5-10-3-4-12(66-10)8-15-17(19-25(47)33(55)40(62)34(56)26(19)48)18(20-27(49)35(57)41(63)36(58)28(20)50)44(68-15)22(43(14)67-13)21-29(51)37(59)42(64)38(60)30(21)52;/h1-8,65,68H;. The van der Waals surface area contributed by atoms with Crippen molar-refractivity contribution in [3.63, 3.8) is 0 Å². The number of hydrogen-bond donors (Lipinski definition) is 2. The molecule has 9 rings (SSSR count). The first-order valence-electron chi connectivity index (χ1n) is 18.3. The van der Waals surface area contributed by atoms with Gasteiger partial charge < -0.3 is 9.97 Å². The summed E-state index contributed by atoms with van der Waals surface area (Å²) in [6.45, 7) is 0. The Balaban J connectivity index is 0.00000642. The van der Waals surface area contributed by atoms with Crippen LogP contribution >= 0.6 is 0 Å². The fraction of sp³-hybridized carbons (Fsp3) is 0. The number of rotatable bonds is 4. The van der Waals surface area contributed by atoms with Crippen LogP contribution < -0.4 is 0 Å². The molecule has 2 aliphatic rings. The van der Waals surface area contributed by atoms with Crippen LogP contribution in [0.3, 0.4) is 0 Å². The molecule has 2 aliphatic heterocycles. The largest absolute Gasteiger partial charge is 0.355 e. The Bertz CT molecular complexity index is 3590. The number of nitrogens with one attached hydrogen (secondary N) is 2. The zero-order valence-electron chi connectivity index (χ0n) is 32.5. The third-order valence-corrected chi connectivity index (χ3v) is 10.5. The first kappa shape index (κ1) is 48.1. The van der Waals surface area contributed by atoms with Crippen LogP contribution in [-0.4, -0.2) is 19.9 Å². The van der Waals surface area contributed by atoms with E-state index in [4.69, 9.17) is 0 Å². The van der Waals surface area contributed by atoms with Crippen LogP contribution in [0, 0.1) is 116 Å². The molecule has 0 saturated heterocycles. The Morgan fingerprint density at radius 3 is 1.06 bits per heavy atom. The number of H-pyrrole nitrogens is 2. The van der Waals surface area contributed by atoms with E-state index >= 15 is 61.5 Å². The summed E-state index contributed by atoms with van der Waals surface area (Å²) in [7, 11) is 0. The van der Waals surface area contributed by atoms with Crippen LogP contribution in [0.1, 0.15) is 28.3 Å². The summed E-state index contributed by atoms with van der Waals surface area (Å²) < 4.78 is 310. The van der Waals surface area contributed by atoms with Gasteiger partial charge in [0.1, 0.15) is 0 Å². The Kier molecular flexibility index (Phi) is 11.8. The molecule has 0 unspecified atom stereocenters. The maximum absolute atomic E-state index is 16.4. The quantitative estimate of drug-likeness (QED) is 0.0799. The van der Waals surface area contributed by atoms with Gasteiger partial charge >= 0.3 is 0 Å². The van der Waals surface area contributed by atoms with Crippen molar-refractivity contribution < 1.29 is 105 Å². The summed E-state index contributed by atoms with van der Waals surface area (Å²) in [5, 5.41) is 0. The van der Waals surface area contributed by atoms with E-state index < -0.39 is 189 Å². The zero-order chi connectivity index (χ0) is 49.3. The van der Waals surface area contributed by atoms with Crippen LogP contribution in [0.4, 0.5) is 87.8 Å². The molecule has 3 aromatic heterocycles. The number of nitrogens with zero attached hydrogens (tertiary/aromatic N) is 2. The molecule has 2 N–H and O–H groups in total. The topological polar surface area (TPSA) is 57.4 Å². The van der Waals surface area contributed by atoms with Gasteiger partial charge in [-0.15, -0.1) is 0 Å². The summed E-state index contributed by atoms with van der Waals surface area (Å²) in [5.74, 6) is -58.8. The van der Waals surface area contributed by atoms with Gasteiger partial charge in [0.05, 0.1) is 50.5 Å². The normalized spacial score (nSPS) is 12.3.